The van der Waals surface area contributed by atoms with Gasteiger partial charge >= 0.3 is 0 Å². The molecule has 0 amide bonds. The molecule has 1 unspecified atom stereocenters. The highest BCUT2D eigenvalue weighted by Crippen LogP contribution is 2.44. The monoisotopic (exact) mass is 533 g/mol. The van der Waals surface area contributed by atoms with Gasteiger partial charge in [-0.3, -0.25) is 5.01 Å². The Kier molecular flexibility index (Phi) is 6.64. The molecule has 0 saturated heterocycles. The van der Waals surface area contributed by atoms with E-state index in [4.69, 9.17) is 34.4 Å². The SMILES string of the molecule is COc1cc(C2CC(c3nc4ccccc4nc3C)=NN2c2ccc(S(N)(=O)=O)cc2)cc(OC)c1OC. The van der Waals surface area contributed by atoms with Crippen LogP contribution in [0.15, 0.2) is 70.7 Å². The molecule has 196 valence electrons. The van der Waals surface area contributed by atoms with E-state index in [1.54, 1.807) is 33.5 Å². The van der Waals surface area contributed by atoms with E-state index in [1.165, 1.54) is 12.1 Å². The zero-order valence-electron chi connectivity index (χ0n) is 21.4. The van der Waals surface area contributed by atoms with Crippen molar-refractivity contribution in [1.82, 2.24) is 9.97 Å². The largest absolute Gasteiger partial charge is 0.493 e. The number of nitrogens with two attached hydrogens (primary N) is 1. The van der Waals surface area contributed by atoms with Crippen molar-refractivity contribution in [2.24, 2.45) is 10.2 Å². The van der Waals surface area contributed by atoms with E-state index in [9.17, 15) is 8.42 Å². The molecule has 0 saturated carbocycles. The van der Waals surface area contributed by atoms with E-state index in [-0.39, 0.29) is 10.9 Å². The summed E-state index contributed by atoms with van der Waals surface area (Å²) in [5, 5.41) is 12.1. The summed E-state index contributed by atoms with van der Waals surface area (Å²) < 4.78 is 40.3. The van der Waals surface area contributed by atoms with E-state index in [0.29, 0.717) is 35.1 Å². The molecule has 1 aromatic heterocycles. The van der Waals surface area contributed by atoms with E-state index in [2.05, 4.69) is 0 Å². The molecule has 1 aliphatic rings. The molecule has 5 rings (SSSR count). The Labute approximate surface area is 220 Å². The Balaban J connectivity index is 1.64. The van der Waals surface area contributed by atoms with Gasteiger partial charge in [0.15, 0.2) is 11.5 Å². The van der Waals surface area contributed by atoms with Crippen LogP contribution in [-0.4, -0.2) is 45.4 Å². The Morgan fingerprint density at radius 1 is 0.895 bits per heavy atom. The smallest absolute Gasteiger partial charge is 0.238 e. The summed E-state index contributed by atoms with van der Waals surface area (Å²) in [5.74, 6) is 1.51. The Bertz CT molecular complexity index is 1630. The van der Waals surface area contributed by atoms with Crippen molar-refractivity contribution < 1.29 is 22.6 Å². The van der Waals surface area contributed by atoms with Gasteiger partial charge in [-0.15, -0.1) is 0 Å². The second kappa shape index (κ2) is 9.92. The predicted molar refractivity (Wildman–Crippen MR) is 145 cm³/mol. The molecule has 1 aliphatic heterocycles. The van der Waals surface area contributed by atoms with Crippen molar-refractivity contribution in [2.45, 2.75) is 24.3 Å². The minimum Gasteiger partial charge on any atom is -0.493 e. The highest BCUT2D eigenvalue weighted by molar-refractivity contribution is 7.89. The molecule has 0 radical (unpaired) electrons. The first-order chi connectivity index (χ1) is 18.2. The van der Waals surface area contributed by atoms with E-state index in [1.807, 2.05) is 48.3 Å². The minimum absolute atomic E-state index is 0.0187. The number of nitrogens with zero attached hydrogens (tertiary/aromatic N) is 4. The highest BCUT2D eigenvalue weighted by Gasteiger charge is 2.33. The normalized spacial score (nSPS) is 15.4. The Morgan fingerprint density at radius 2 is 1.50 bits per heavy atom. The average Bonchev–Trinajstić information content (AvgIpc) is 3.36. The maximum absolute atomic E-state index is 11.8. The van der Waals surface area contributed by atoms with Crippen LogP contribution in [0, 0.1) is 6.92 Å². The van der Waals surface area contributed by atoms with Gasteiger partial charge in [-0.1, -0.05) is 12.1 Å². The molecule has 2 N–H and O–H groups in total. The molecule has 0 fully saturated rings. The average molecular weight is 534 g/mol. The van der Waals surface area contributed by atoms with Crippen molar-refractivity contribution in [1.29, 1.82) is 0 Å². The summed E-state index contributed by atoms with van der Waals surface area (Å²) in [6.45, 7) is 1.91. The number of aryl methyl sites for hydroxylation is 1. The summed E-state index contributed by atoms with van der Waals surface area (Å²) in [6, 6.07) is 17.5. The number of hydrogen-bond acceptors (Lipinski definition) is 9. The first-order valence-electron chi connectivity index (χ1n) is 11.8. The number of sulfonamides is 1. The molecular weight excluding hydrogens is 506 g/mol. The third-order valence-electron chi connectivity index (χ3n) is 6.43. The van der Waals surface area contributed by atoms with Gasteiger partial charge in [0.1, 0.15) is 5.69 Å². The molecule has 0 aliphatic carbocycles. The third-order valence-corrected chi connectivity index (χ3v) is 7.36. The molecule has 1 atom stereocenters. The maximum atomic E-state index is 11.8. The zero-order valence-corrected chi connectivity index (χ0v) is 22.2. The fraction of sp³-hybridized carbons (Fsp3) is 0.222. The molecule has 3 aromatic carbocycles. The third kappa shape index (κ3) is 4.61. The number of anilines is 1. The fourth-order valence-electron chi connectivity index (χ4n) is 4.59. The molecule has 0 spiro atoms. The first kappa shape index (κ1) is 25.4. The van der Waals surface area contributed by atoms with E-state index < -0.39 is 10.0 Å². The molecule has 0 bridgehead atoms. The summed E-state index contributed by atoms with van der Waals surface area (Å²) in [7, 11) is 0.849. The second-order valence-corrected chi connectivity index (χ2v) is 10.3. The van der Waals surface area contributed by atoms with Crippen LogP contribution in [0.2, 0.25) is 0 Å². The minimum atomic E-state index is -3.83. The van der Waals surface area contributed by atoms with Crippen LogP contribution in [0.5, 0.6) is 17.2 Å². The molecular formula is C27H27N5O5S. The van der Waals surface area contributed by atoms with Gasteiger partial charge in [-0.2, -0.15) is 5.10 Å². The fourth-order valence-corrected chi connectivity index (χ4v) is 5.11. The lowest BCUT2D eigenvalue weighted by atomic mass is 9.98. The number of ether oxygens (including phenoxy) is 3. The second-order valence-electron chi connectivity index (χ2n) is 8.76. The topological polar surface area (TPSA) is 129 Å². The lowest BCUT2D eigenvalue weighted by Crippen LogP contribution is -2.19. The predicted octanol–water partition coefficient (Wildman–Crippen LogP) is 3.97. The lowest BCUT2D eigenvalue weighted by molar-refractivity contribution is 0.323. The lowest BCUT2D eigenvalue weighted by Gasteiger charge is -2.25. The van der Waals surface area contributed by atoms with Crippen LogP contribution in [0.1, 0.15) is 29.4 Å². The summed E-state index contributed by atoms with van der Waals surface area (Å²) >= 11 is 0. The van der Waals surface area contributed by atoms with Gasteiger partial charge in [0, 0.05) is 6.42 Å². The van der Waals surface area contributed by atoms with Crippen molar-refractivity contribution in [2.75, 3.05) is 26.3 Å². The number of aromatic nitrogens is 2. The van der Waals surface area contributed by atoms with Crippen molar-refractivity contribution in [3.05, 3.63) is 77.6 Å². The Morgan fingerprint density at radius 3 is 2.05 bits per heavy atom. The number of rotatable bonds is 7. The van der Waals surface area contributed by atoms with Crippen molar-refractivity contribution in [3.8, 4) is 17.2 Å². The standard InChI is InChI=1S/C27H27N5O5S/c1-16-26(30-21-8-6-5-7-20(21)29-16)22-15-23(17-13-24(35-2)27(37-4)25(14-17)36-3)32(31-22)18-9-11-19(12-10-18)38(28,33)34/h5-14,23H,15H2,1-4H3,(H2,28,33,34). The van der Waals surface area contributed by atoms with Gasteiger partial charge in [0.2, 0.25) is 15.8 Å². The molecule has 10 nitrogen and oxygen atoms in total. The number of hydrazone groups is 1. The molecule has 38 heavy (non-hydrogen) atoms. The van der Waals surface area contributed by atoms with Crippen LogP contribution in [0.4, 0.5) is 5.69 Å². The first-order valence-corrected chi connectivity index (χ1v) is 13.3. The van der Waals surface area contributed by atoms with E-state index >= 15 is 0 Å². The van der Waals surface area contributed by atoms with Gasteiger partial charge in [-0.25, -0.2) is 23.5 Å². The summed E-state index contributed by atoms with van der Waals surface area (Å²) in [4.78, 5) is 9.62. The number of hydrogen-bond donors (Lipinski definition) is 1. The molecule has 11 heteroatoms. The van der Waals surface area contributed by atoms with E-state index in [0.717, 1.165) is 28.0 Å². The van der Waals surface area contributed by atoms with Crippen molar-refractivity contribution >= 4 is 32.5 Å². The highest BCUT2D eigenvalue weighted by atomic mass is 32.2. The Hall–Kier alpha value is -4.22. The van der Waals surface area contributed by atoms with Crippen LogP contribution in [-0.2, 0) is 10.0 Å². The van der Waals surface area contributed by atoms with Gasteiger partial charge < -0.3 is 14.2 Å². The van der Waals surface area contributed by atoms with Gasteiger partial charge in [-0.05, 0) is 61.0 Å². The maximum Gasteiger partial charge on any atom is 0.238 e. The summed E-state index contributed by atoms with van der Waals surface area (Å²) in [5.41, 5.74) is 5.33. The number of benzene rings is 3. The van der Waals surface area contributed by atoms with Crippen LogP contribution < -0.4 is 24.4 Å². The van der Waals surface area contributed by atoms with Gasteiger partial charge in [0.05, 0.1) is 60.4 Å². The number of primary sulfonamides is 1. The van der Waals surface area contributed by atoms with Crippen LogP contribution in [0.3, 0.4) is 0 Å². The quantitative estimate of drug-likeness (QED) is 0.378. The zero-order chi connectivity index (χ0) is 27.0. The van der Waals surface area contributed by atoms with Gasteiger partial charge in [0.25, 0.3) is 0 Å². The summed E-state index contributed by atoms with van der Waals surface area (Å²) in [6.07, 6.45) is 0.503. The number of fused-ring (bicyclic) bond motifs is 1. The number of para-hydroxylation sites is 2. The van der Waals surface area contributed by atoms with Crippen LogP contribution in [0.25, 0.3) is 11.0 Å². The van der Waals surface area contributed by atoms with Crippen molar-refractivity contribution in [3.63, 3.8) is 0 Å². The molecule has 2 heterocycles. The number of methoxy groups -OCH3 is 3. The van der Waals surface area contributed by atoms with Crippen LogP contribution >= 0.6 is 0 Å². The molecule has 4 aromatic rings.